The molecule has 4 rings (SSSR count). The lowest BCUT2D eigenvalue weighted by Crippen LogP contribution is -2.31. The molecule has 1 N–H and O–H groups in total. The second-order valence-electron chi connectivity index (χ2n) is 5.09. The van der Waals surface area contributed by atoms with E-state index in [-0.39, 0.29) is 23.8 Å². The van der Waals surface area contributed by atoms with Gasteiger partial charge in [-0.15, -0.1) is 11.3 Å². The van der Waals surface area contributed by atoms with Crippen molar-refractivity contribution in [3.8, 4) is 0 Å². The number of carbonyl (C=O) groups is 1. The van der Waals surface area contributed by atoms with Gasteiger partial charge in [0.1, 0.15) is 5.82 Å². The number of hydrogen-bond donors (Lipinski definition) is 1. The first-order valence-electron chi connectivity index (χ1n) is 6.68. The van der Waals surface area contributed by atoms with Crippen LogP contribution in [-0.2, 0) is 4.79 Å². The van der Waals surface area contributed by atoms with Crippen molar-refractivity contribution in [3.63, 3.8) is 0 Å². The summed E-state index contributed by atoms with van der Waals surface area (Å²) in [4.78, 5) is 29.2. The molecule has 3 aromatic rings. The minimum absolute atomic E-state index is 0.122. The van der Waals surface area contributed by atoms with Gasteiger partial charge < -0.3 is 5.32 Å². The number of halogens is 1. The third-order valence-electron chi connectivity index (χ3n) is 3.76. The van der Waals surface area contributed by atoms with Crippen molar-refractivity contribution in [2.45, 2.75) is 12.3 Å². The number of aromatic nitrogens is 2. The highest BCUT2D eigenvalue weighted by molar-refractivity contribution is 7.15. The zero-order valence-electron chi connectivity index (χ0n) is 11.2. The van der Waals surface area contributed by atoms with Crippen LogP contribution in [0.3, 0.4) is 0 Å². The first-order chi connectivity index (χ1) is 10.6. The molecular weight excluding hydrogens is 322 g/mol. The number of amides is 1. The zero-order chi connectivity index (χ0) is 15.3. The molecule has 1 aliphatic heterocycles. The van der Waals surface area contributed by atoms with Crippen molar-refractivity contribution in [1.82, 2.24) is 9.38 Å². The number of thiazole rings is 1. The highest BCUT2D eigenvalue weighted by Crippen LogP contribution is 2.36. The number of fused-ring (bicyclic) bond motifs is 3. The number of anilines is 1. The molecule has 1 atom stereocenters. The van der Waals surface area contributed by atoms with Gasteiger partial charge in [0.15, 0.2) is 4.96 Å². The predicted octanol–water partition coefficient (Wildman–Crippen LogP) is 2.88. The zero-order valence-corrected chi connectivity index (χ0v) is 12.8. The van der Waals surface area contributed by atoms with Crippen molar-refractivity contribution >= 4 is 39.6 Å². The summed E-state index contributed by atoms with van der Waals surface area (Å²) in [5.41, 5.74) is 1.05. The van der Waals surface area contributed by atoms with Crippen LogP contribution in [0.15, 0.2) is 40.6 Å². The van der Waals surface area contributed by atoms with E-state index < -0.39 is 0 Å². The fraction of sp³-hybridized carbons (Fsp3) is 0.133. The highest BCUT2D eigenvalue weighted by Gasteiger charge is 2.31. The summed E-state index contributed by atoms with van der Waals surface area (Å²) < 4.78 is 1.75. The van der Waals surface area contributed by atoms with Crippen LogP contribution < -0.4 is 10.9 Å². The molecule has 0 unspecified atom stereocenters. The van der Waals surface area contributed by atoms with Gasteiger partial charge in [-0.3, -0.25) is 14.0 Å². The molecule has 0 aliphatic carbocycles. The Morgan fingerprint density at radius 3 is 3.05 bits per heavy atom. The van der Waals surface area contributed by atoms with Crippen LogP contribution in [0, 0.1) is 0 Å². The van der Waals surface area contributed by atoms with Crippen molar-refractivity contribution in [2.24, 2.45) is 0 Å². The lowest BCUT2D eigenvalue weighted by molar-refractivity contribution is -0.116. The van der Waals surface area contributed by atoms with Crippen LogP contribution in [0.2, 0.25) is 5.02 Å². The second kappa shape index (κ2) is 4.93. The van der Waals surface area contributed by atoms with Crippen molar-refractivity contribution < 1.29 is 4.79 Å². The average Bonchev–Trinajstić information content (AvgIpc) is 2.94. The van der Waals surface area contributed by atoms with Crippen LogP contribution in [0.5, 0.6) is 0 Å². The number of hydrogen-bond acceptors (Lipinski definition) is 4. The summed E-state index contributed by atoms with van der Waals surface area (Å²) in [6.45, 7) is 0. The van der Waals surface area contributed by atoms with Gasteiger partial charge in [-0.1, -0.05) is 23.7 Å². The molecule has 7 heteroatoms. The lowest BCUT2D eigenvalue weighted by Gasteiger charge is -2.25. The first kappa shape index (κ1) is 13.5. The van der Waals surface area contributed by atoms with Crippen LogP contribution >= 0.6 is 22.9 Å². The molecule has 0 saturated carbocycles. The lowest BCUT2D eigenvalue weighted by atomic mass is 9.87. The standard InChI is InChI=1S/C15H10ClN3O2S/c16-9-3-1-2-8(6-9)10-7-11(20)17-13-12(10)14(21)18-15-19(13)4-5-22-15/h1-6,10H,7H2,(H,17,20)/t10-/m0/s1. The molecular formula is C15H10ClN3O2S. The maximum absolute atomic E-state index is 12.4. The number of nitrogens with one attached hydrogen (secondary N) is 1. The molecule has 22 heavy (non-hydrogen) atoms. The van der Waals surface area contributed by atoms with Crippen LogP contribution in [0.25, 0.3) is 4.96 Å². The third kappa shape index (κ3) is 2.03. The van der Waals surface area contributed by atoms with Gasteiger partial charge in [0.2, 0.25) is 5.91 Å². The summed E-state index contributed by atoms with van der Waals surface area (Å²) in [7, 11) is 0. The minimum atomic E-state index is -0.334. The van der Waals surface area contributed by atoms with Gasteiger partial charge in [0.25, 0.3) is 5.56 Å². The van der Waals surface area contributed by atoms with Crippen LogP contribution in [-0.4, -0.2) is 15.3 Å². The summed E-state index contributed by atoms with van der Waals surface area (Å²) >= 11 is 7.40. The Kier molecular flexibility index (Phi) is 3.02. The molecule has 0 radical (unpaired) electrons. The van der Waals surface area contributed by atoms with E-state index in [9.17, 15) is 9.59 Å². The Bertz CT molecular complexity index is 963. The van der Waals surface area contributed by atoms with Crippen molar-refractivity contribution in [3.05, 3.63) is 62.3 Å². The molecule has 0 fully saturated rings. The van der Waals surface area contributed by atoms with E-state index in [4.69, 9.17) is 11.6 Å². The fourth-order valence-corrected chi connectivity index (χ4v) is 3.73. The molecule has 1 amide bonds. The highest BCUT2D eigenvalue weighted by atomic mass is 35.5. The maximum atomic E-state index is 12.4. The Balaban J connectivity index is 2.01. The van der Waals surface area contributed by atoms with E-state index in [1.807, 2.05) is 17.5 Å². The molecule has 0 saturated heterocycles. The SMILES string of the molecule is O=C1C[C@@H](c2cccc(Cl)c2)c2c(n3ccsc3nc2=O)N1. The minimum Gasteiger partial charge on any atom is -0.311 e. The number of carbonyl (C=O) groups excluding carboxylic acids is 1. The van der Waals surface area contributed by atoms with Crippen molar-refractivity contribution in [2.75, 3.05) is 5.32 Å². The van der Waals surface area contributed by atoms with Crippen molar-refractivity contribution in [1.29, 1.82) is 0 Å². The maximum Gasteiger partial charge on any atom is 0.279 e. The Hall–Kier alpha value is -2.18. The Morgan fingerprint density at radius 1 is 1.36 bits per heavy atom. The van der Waals surface area contributed by atoms with Gasteiger partial charge in [0, 0.05) is 28.9 Å². The van der Waals surface area contributed by atoms with Crippen LogP contribution in [0.4, 0.5) is 5.82 Å². The summed E-state index contributed by atoms with van der Waals surface area (Å²) in [6, 6.07) is 7.25. The summed E-state index contributed by atoms with van der Waals surface area (Å²) in [6.07, 6.45) is 2.01. The quantitative estimate of drug-likeness (QED) is 0.745. The molecule has 1 aliphatic rings. The van der Waals surface area contributed by atoms with Crippen LogP contribution in [0.1, 0.15) is 23.5 Å². The monoisotopic (exact) mass is 331 g/mol. The van der Waals surface area contributed by atoms with E-state index in [1.54, 1.807) is 22.7 Å². The number of benzene rings is 1. The number of nitrogens with zero attached hydrogens (tertiary/aromatic N) is 2. The molecule has 110 valence electrons. The van der Waals surface area contributed by atoms with Gasteiger partial charge in [0.05, 0.1) is 5.56 Å². The van der Waals surface area contributed by atoms with Gasteiger partial charge >= 0.3 is 0 Å². The van der Waals surface area contributed by atoms with Gasteiger partial charge in [-0.25, -0.2) is 0 Å². The van der Waals surface area contributed by atoms with E-state index in [0.29, 0.717) is 21.4 Å². The van der Waals surface area contributed by atoms with E-state index in [2.05, 4.69) is 10.3 Å². The van der Waals surface area contributed by atoms with Gasteiger partial charge in [-0.05, 0) is 17.7 Å². The molecule has 1 aromatic carbocycles. The molecule has 3 heterocycles. The van der Waals surface area contributed by atoms with E-state index in [1.165, 1.54) is 11.3 Å². The van der Waals surface area contributed by atoms with E-state index in [0.717, 1.165) is 5.56 Å². The first-order valence-corrected chi connectivity index (χ1v) is 7.94. The molecule has 2 aromatic heterocycles. The predicted molar refractivity (Wildman–Crippen MR) is 85.9 cm³/mol. The smallest absolute Gasteiger partial charge is 0.279 e. The molecule has 5 nitrogen and oxygen atoms in total. The Labute approximate surface area is 134 Å². The topological polar surface area (TPSA) is 63.5 Å². The largest absolute Gasteiger partial charge is 0.311 e. The average molecular weight is 332 g/mol. The second-order valence-corrected chi connectivity index (χ2v) is 6.40. The summed E-state index contributed by atoms with van der Waals surface area (Å²) in [5, 5.41) is 5.21. The number of rotatable bonds is 1. The molecule has 0 spiro atoms. The molecule has 0 bridgehead atoms. The summed E-state index contributed by atoms with van der Waals surface area (Å²) in [5.74, 6) is 0.0554. The fourth-order valence-electron chi connectivity index (χ4n) is 2.82. The van der Waals surface area contributed by atoms with Gasteiger partial charge in [-0.2, -0.15) is 4.98 Å². The van der Waals surface area contributed by atoms with E-state index >= 15 is 0 Å². The third-order valence-corrected chi connectivity index (χ3v) is 4.75. The normalized spacial score (nSPS) is 17.3. The Morgan fingerprint density at radius 2 is 2.23 bits per heavy atom.